The van der Waals surface area contributed by atoms with E-state index >= 15 is 0 Å². The molecular formula is C15H24N4O3. The molecule has 22 heavy (non-hydrogen) atoms. The second kappa shape index (κ2) is 7.40. The van der Waals surface area contributed by atoms with Gasteiger partial charge in [0.15, 0.2) is 0 Å². The Bertz CT molecular complexity index is 628. The molecule has 0 aliphatic carbocycles. The Hall–Kier alpha value is -1.89. The molecule has 0 radical (unpaired) electrons. The molecule has 122 valence electrons. The van der Waals surface area contributed by atoms with Gasteiger partial charge in [-0.3, -0.25) is 14.6 Å². The van der Waals surface area contributed by atoms with Crippen LogP contribution in [0.4, 0.5) is 0 Å². The van der Waals surface area contributed by atoms with Gasteiger partial charge in [-0.1, -0.05) is 0 Å². The lowest BCUT2D eigenvalue weighted by atomic mass is 10.2. The van der Waals surface area contributed by atoms with Crippen molar-refractivity contribution < 1.29 is 4.79 Å². The van der Waals surface area contributed by atoms with Crippen molar-refractivity contribution >= 4 is 5.91 Å². The summed E-state index contributed by atoms with van der Waals surface area (Å²) >= 11 is 0. The lowest BCUT2D eigenvalue weighted by Crippen LogP contribution is -2.39. The summed E-state index contributed by atoms with van der Waals surface area (Å²) in [7, 11) is 1.51. The summed E-state index contributed by atoms with van der Waals surface area (Å²) in [6.07, 6.45) is 4.71. The highest BCUT2D eigenvalue weighted by Crippen LogP contribution is 2.08. The zero-order valence-electron chi connectivity index (χ0n) is 13.3. The van der Waals surface area contributed by atoms with Crippen molar-refractivity contribution in [3.63, 3.8) is 0 Å². The van der Waals surface area contributed by atoms with Crippen molar-refractivity contribution in [1.82, 2.24) is 19.4 Å². The number of carbonyl (C=O) groups excluding carboxylic acids is 1. The van der Waals surface area contributed by atoms with Crippen LogP contribution in [0.3, 0.4) is 0 Å². The molecular weight excluding hydrogens is 284 g/mol. The fourth-order valence-electron chi connectivity index (χ4n) is 2.78. The first-order valence-electron chi connectivity index (χ1n) is 7.84. The van der Waals surface area contributed by atoms with E-state index in [2.05, 4.69) is 9.88 Å². The van der Waals surface area contributed by atoms with Gasteiger partial charge in [-0.2, -0.15) is 0 Å². The van der Waals surface area contributed by atoms with Gasteiger partial charge in [0.2, 0.25) is 0 Å². The second-order valence-corrected chi connectivity index (χ2v) is 5.70. The maximum atomic E-state index is 12.5. The molecule has 1 N–H and O–H groups in total. The number of aryl methyl sites for hydroxylation is 1. The number of H-pyrrole nitrogens is 1. The molecule has 1 amide bonds. The molecule has 2 rings (SSSR count). The Morgan fingerprint density at radius 3 is 2.64 bits per heavy atom. The molecule has 7 heteroatoms. The average molecular weight is 308 g/mol. The number of aromatic nitrogens is 2. The Morgan fingerprint density at radius 1 is 1.32 bits per heavy atom. The van der Waals surface area contributed by atoms with Gasteiger partial charge in [-0.25, -0.2) is 4.79 Å². The van der Waals surface area contributed by atoms with Gasteiger partial charge in [0.25, 0.3) is 11.5 Å². The summed E-state index contributed by atoms with van der Waals surface area (Å²) in [5.41, 5.74) is -1.12. The van der Waals surface area contributed by atoms with Crippen molar-refractivity contribution in [2.24, 2.45) is 7.05 Å². The predicted molar refractivity (Wildman–Crippen MR) is 84.2 cm³/mol. The summed E-state index contributed by atoms with van der Waals surface area (Å²) < 4.78 is 1.21. The highest BCUT2D eigenvalue weighted by molar-refractivity contribution is 5.93. The van der Waals surface area contributed by atoms with Crippen LogP contribution in [-0.2, 0) is 7.05 Å². The van der Waals surface area contributed by atoms with Crippen LogP contribution in [0, 0.1) is 0 Å². The highest BCUT2D eigenvalue weighted by atomic mass is 16.2. The Balaban J connectivity index is 2.00. The number of nitrogens with one attached hydrogen (secondary N) is 1. The third-order valence-corrected chi connectivity index (χ3v) is 4.11. The van der Waals surface area contributed by atoms with Gasteiger partial charge in [0.1, 0.15) is 5.56 Å². The number of likely N-dealkylation sites (tertiary alicyclic amines) is 1. The summed E-state index contributed by atoms with van der Waals surface area (Å²) in [4.78, 5) is 41.8. The van der Waals surface area contributed by atoms with Crippen molar-refractivity contribution in [2.45, 2.75) is 26.2 Å². The van der Waals surface area contributed by atoms with Crippen molar-refractivity contribution in [3.8, 4) is 0 Å². The molecule has 1 saturated heterocycles. The van der Waals surface area contributed by atoms with Crippen LogP contribution in [0.25, 0.3) is 0 Å². The van der Waals surface area contributed by atoms with Crippen molar-refractivity contribution in [3.05, 3.63) is 32.6 Å². The second-order valence-electron chi connectivity index (χ2n) is 5.70. The van der Waals surface area contributed by atoms with E-state index in [1.807, 2.05) is 6.92 Å². The Kier molecular flexibility index (Phi) is 5.54. The monoisotopic (exact) mass is 308 g/mol. The van der Waals surface area contributed by atoms with Gasteiger partial charge in [-0.05, 0) is 45.8 Å². The van der Waals surface area contributed by atoms with E-state index in [1.165, 1.54) is 30.7 Å². The number of aromatic amines is 1. The van der Waals surface area contributed by atoms with E-state index in [1.54, 1.807) is 4.90 Å². The van der Waals surface area contributed by atoms with Crippen LogP contribution in [0.5, 0.6) is 0 Å². The van der Waals surface area contributed by atoms with Crippen molar-refractivity contribution in [2.75, 3.05) is 32.7 Å². The van der Waals surface area contributed by atoms with E-state index in [0.717, 1.165) is 26.1 Å². The largest absolute Gasteiger partial charge is 0.339 e. The smallest absolute Gasteiger partial charge is 0.328 e. The first-order chi connectivity index (χ1) is 10.5. The maximum Gasteiger partial charge on any atom is 0.328 e. The SMILES string of the molecule is CCN(CCCN1CCCC1)C(=O)c1cn(C)c(=O)[nH]c1=O. The topological polar surface area (TPSA) is 78.4 Å². The van der Waals surface area contributed by atoms with E-state index in [4.69, 9.17) is 0 Å². The van der Waals surface area contributed by atoms with E-state index in [9.17, 15) is 14.4 Å². The third kappa shape index (κ3) is 3.85. The minimum absolute atomic E-state index is 0.0186. The fraction of sp³-hybridized carbons (Fsp3) is 0.667. The summed E-state index contributed by atoms with van der Waals surface area (Å²) in [5, 5.41) is 0. The fourth-order valence-corrected chi connectivity index (χ4v) is 2.78. The average Bonchev–Trinajstić information content (AvgIpc) is 3.00. The van der Waals surface area contributed by atoms with E-state index < -0.39 is 11.2 Å². The van der Waals surface area contributed by atoms with Crippen LogP contribution in [-0.4, -0.2) is 58.0 Å². The molecule has 1 aromatic rings. The van der Waals surface area contributed by atoms with Gasteiger partial charge in [0.05, 0.1) is 0 Å². The zero-order valence-corrected chi connectivity index (χ0v) is 13.3. The number of hydrogen-bond donors (Lipinski definition) is 1. The van der Waals surface area contributed by atoms with Crippen LogP contribution < -0.4 is 11.2 Å². The Labute approximate surface area is 129 Å². The molecule has 0 saturated carbocycles. The number of amides is 1. The standard InChI is InChI=1S/C15H24N4O3/c1-3-19(10-6-9-18-7-4-5-8-18)14(21)12-11-17(2)15(22)16-13(12)20/h11H,3-10H2,1-2H3,(H,16,20,22). The highest BCUT2D eigenvalue weighted by Gasteiger charge is 2.19. The first-order valence-corrected chi connectivity index (χ1v) is 7.84. The molecule has 1 aliphatic heterocycles. The van der Waals surface area contributed by atoms with Crippen LogP contribution in [0.2, 0.25) is 0 Å². The quantitative estimate of drug-likeness (QED) is 0.804. The number of nitrogens with zero attached hydrogens (tertiary/aromatic N) is 3. The van der Waals surface area contributed by atoms with Crippen LogP contribution in [0.1, 0.15) is 36.5 Å². The number of hydrogen-bond acceptors (Lipinski definition) is 4. The van der Waals surface area contributed by atoms with Gasteiger partial charge in [0, 0.05) is 26.3 Å². The number of carbonyl (C=O) groups is 1. The van der Waals surface area contributed by atoms with Gasteiger partial charge in [-0.15, -0.1) is 0 Å². The molecule has 2 heterocycles. The van der Waals surface area contributed by atoms with Gasteiger partial charge < -0.3 is 14.4 Å². The molecule has 0 aromatic carbocycles. The normalized spacial score (nSPS) is 15.2. The molecule has 1 aromatic heterocycles. The first kappa shape index (κ1) is 16.5. The summed E-state index contributed by atoms with van der Waals surface area (Å²) in [6.45, 7) is 6.31. The minimum atomic E-state index is -0.619. The molecule has 0 atom stereocenters. The van der Waals surface area contributed by atoms with Crippen LogP contribution >= 0.6 is 0 Å². The lowest BCUT2D eigenvalue weighted by Gasteiger charge is -2.22. The van der Waals surface area contributed by atoms with E-state index in [0.29, 0.717) is 13.1 Å². The van der Waals surface area contributed by atoms with Gasteiger partial charge >= 0.3 is 5.69 Å². The van der Waals surface area contributed by atoms with E-state index in [-0.39, 0.29) is 11.5 Å². The molecule has 0 unspecified atom stereocenters. The number of rotatable bonds is 6. The zero-order chi connectivity index (χ0) is 16.1. The van der Waals surface area contributed by atoms with Crippen LogP contribution in [0.15, 0.2) is 15.8 Å². The minimum Gasteiger partial charge on any atom is -0.339 e. The molecule has 1 fully saturated rings. The molecule has 0 spiro atoms. The molecule has 7 nitrogen and oxygen atoms in total. The summed E-state index contributed by atoms with van der Waals surface area (Å²) in [5.74, 6) is -0.319. The predicted octanol–water partition coefficient (Wildman–Crippen LogP) is 0.0216. The Morgan fingerprint density at radius 2 is 2.00 bits per heavy atom. The third-order valence-electron chi connectivity index (χ3n) is 4.11. The van der Waals surface area contributed by atoms with Crippen molar-refractivity contribution in [1.29, 1.82) is 0 Å². The maximum absolute atomic E-state index is 12.5. The summed E-state index contributed by atoms with van der Waals surface area (Å²) in [6, 6.07) is 0. The molecule has 0 bridgehead atoms. The molecule has 1 aliphatic rings. The lowest BCUT2D eigenvalue weighted by molar-refractivity contribution is 0.0755.